The van der Waals surface area contributed by atoms with Crippen LogP contribution in [0.2, 0.25) is 5.02 Å². The summed E-state index contributed by atoms with van der Waals surface area (Å²) in [6.07, 6.45) is 4.39. The van der Waals surface area contributed by atoms with Gasteiger partial charge < -0.3 is 39.3 Å². The first-order chi connectivity index (χ1) is 36.9. The van der Waals surface area contributed by atoms with Crippen LogP contribution in [0.25, 0.3) is 28.4 Å². The van der Waals surface area contributed by atoms with Crippen molar-refractivity contribution in [1.29, 1.82) is 0 Å². The Kier molecular flexibility index (Phi) is 16.1. The van der Waals surface area contributed by atoms with Crippen molar-refractivity contribution in [3.8, 4) is 34.1 Å². The third-order valence-electron chi connectivity index (χ3n) is 13.8. The van der Waals surface area contributed by atoms with Crippen LogP contribution in [-0.4, -0.2) is 108 Å². The second kappa shape index (κ2) is 23.1. The molecule has 3 aliphatic heterocycles. The number of halogens is 1. The molecule has 3 aromatic carbocycles. The lowest BCUT2D eigenvalue weighted by molar-refractivity contribution is -0.156. The number of aryl methyl sites for hydroxylation is 2. The molecule has 1 saturated heterocycles. The summed E-state index contributed by atoms with van der Waals surface area (Å²) < 4.78 is 24.5. The zero-order chi connectivity index (χ0) is 54.5. The molecule has 0 bridgehead atoms. The fourth-order valence-corrected chi connectivity index (χ4v) is 9.66. The highest BCUT2D eigenvalue weighted by Gasteiger charge is 2.43. The van der Waals surface area contributed by atoms with Gasteiger partial charge in [0.2, 0.25) is 17.7 Å². The van der Waals surface area contributed by atoms with E-state index in [0.29, 0.717) is 71.0 Å². The molecule has 4 atom stereocenters. The molecule has 0 aliphatic carbocycles. The number of allylic oxidation sites excluding steroid dienone is 1. The predicted molar refractivity (Wildman–Crippen MR) is 289 cm³/mol. The second-order valence-electron chi connectivity index (χ2n) is 20.4. The number of phenolic OH excluding ortho intramolecular Hbond substituents is 1. The number of hydrogen-bond donors (Lipinski definition) is 3. The number of fused-ring (bicyclic) bond motifs is 2. The van der Waals surface area contributed by atoms with E-state index in [2.05, 4.69) is 37.7 Å². The number of carbonyl (C=O) groups is 4. The molecule has 3 unspecified atom stereocenters. The van der Waals surface area contributed by atoms with Gasteiger partial charge in [0.15, 0.2) is 29.5 Å². The van der Waals surface area contributed by atoms with Crippen molar-refractivity contribution < 1.29 is 42.9 Å². The number of rotatable bonds is 18. The number of likely N-dealkylation sites (tertiary alicyclic amines) is 1. The molecule has 3 amide bonds. The molecular weight excluding hydrogens is 1000 g/mol. The second-order valence-corrected chi connectivity index (χ2v) is 20.8. The minimum atomic E-state index is -0.922. The van der Waals surface area contributed by atoms with E-state index in [4.69, 9.17) is 40.2 Å². The van der Waals surface area contributed by atoms with Gasteiger partial charge in [-0.3, -0.25) is 28.9 Å². The van der Waals surface area contributed by atoms with Crippen LogP contribution in [0.15, 0.2) is 111 Å². The maximum atomic E-state index is 14.0. The number of aromatic hydroxyl groups is 1. The number of pyridine rings is 1. The quantitative estimate of drug-likeness (QED) is 0.0539. The summed E-state index contributed by atoms with van der Waals surface area (Å²) in [7, 11) is 0. The van der Waals surface area contributed by atoms with Gasteiger partial charge >= 0.3 is 5.97 Å². The summed E-state index contributed by atoms with van der Waals surface area (Å²) in [5.41, 5.74) is 6.83. The average Bonchev–Trinajstić information content (AvgIpc) is 4.27. The number of esters is 1. The number of ether oxygens (including phenoxy) is 3. The standard InChI is InChI=1S/C57H61ClN10O9/c1-32-33(2)61-54-49(32)50(37-15-18-40(58)19-16-37)63-43(53-66-65-35(4)68(53)54)27-47(70)62-41-20-21-42(59-28-41)39-17-22-46(45(69)26-39)75-25-9-24-74-30-48(71)64-52(57(5,6)7)55(72)67-23-8-10-44(67)56(73)76-29-36-11-13-38(14-12-36)51-34(3)60-31-77-51/h11-22,26,28,31-32,43-44,52,69H,8-10,23-25,27,29-30H2,1-7H3,(H,62,70)(H,64,71)/t32?,43?,44-,52?/m0/s1. The number of oxazole rings is 1. The first-order valence-corrected chi connectivity index (χ1v) is 25.9. The molecule has 19 nitrogen and oxygen atoms in total. The maximum Gasteiger partial charge on any atom is 0.329 e. The number of phenols is 1. The normalized spacial score (nSPS) is 17.5. The summed E-state index contributed by atoms with van der Waals surface area (Å²) in [5.74, 6) is 1.02. The van der Waals surface area contributed by atoms with Gasteiger partial charge in [0.1, 0.15) is 43.0 Å². The minimum Gasteiger partial charge on any atom is -0.504 e. The van der Waals surface area contributed by atoms with Crippen LogP contribution < -0.4 is 15.4 Å². The van der Waals surface area contributed by atoms with Crippen molar-refractivity contribution in [3.63, 3.8) is 0 Å². The summed E-state index contributed by atoms with van der Waals surface area (Å²) in [5, 5.41) is 26.1. The van der Waals surface area contributed by atoms with Gasteiger partial charge in [-0.2, -0.15) is 0 Å². The van der Waals surface area contributed by atoms with Gasteiger partial charge in [0.05, 0.1) is 48.6 Å². The van der Waals surface area contributed by atoms with E-state index in [9.17, 15) is 24.3 Å². The fraction of sp³-hybridized carbons (Fsp3) is 0.368. The number of hydrogen-bond acceptors (Lipinski definition) is 15. The van der Waals surface area contributed by atoms with Gasteiger partial charge in [-0.25, -0.2) is 14.8 Å². The van der Waals surface area contributed by atoms with E-state index in [1.807, 2.05) is 94.6 Å². The fourth-order valence-electron chi connectivity index (χ4n) is 9.53. The largest absolute Gasteiger partial charge is 0.504 e. The molecule has 6 aromatic rings. The third-order valence-corrected chi connectivity index (χ3v) is 14.0. The average molecular weight is 1070 g/mol. The first kappa shape index (κ1) is 53.8. The Balaban J connectivity index is 0.723. The third kappa shape index (κ3) is 12.2. The van der Waals surface area contributed by atoms with Crippen LogP contribution >= 0.6 is 11.6 Å². The number of carbonyl (C=O) groups excluding carboxylic acids is 4. The lowest BCUT2D eigenvalue weighted by Gasteiger charge is -2.35. The van der Waals surface area contributed by atoms with Crippen molar-refractivity contribution in [1.82, 2.24) is 34.9 Å². The minimum absolute atomic E-state index is 0.0238. The highest BCUT2D eigenvalue weighted by atomic mass is 35.5. The van der Waals surface area contributed by atoms with Gasteiger partial charge in [0.25, 0.3) is 0 Å². The molecular formula is C57H61ClN10O9. The topological polar surface area (TPSA) is 238 Å². The number of anilines is 1. The van der Waals surface area contributed by atoms with E-state index in [1.165, 1.54) is 17.4 Å². The maximum absolute atomic E-state index is 14.0. The molecule has 77 heavy (non-hydrogen) atoms. The molecule has 3 aliphatic rings. The van der Waals surface area contributed by atoms with Gasteiger partial charge in [-0.15, -0.1) is 10.2 Å². The van der Waals surface area contributed by atoms with E-state index in [-0.39, 0.29) is 62.1 Å². The Labute approximate surface area is 450 Å². The molecule has 9 rings (SSSR count). The summed E-state index contributed by atoms with van der Waals surface area (Å²) in [6, 6.07) is 20.9. The van der Waals surface area contributed by atoms with Crippen molar-refractivity contribution >= 4 is 58.2 Å². The lowest BCUT2D eigenvalue weighted by atomic mass is 9.85. The van der Waals surface area contributed by atoms with Gasteiger partial charge in [-0.05, 0) is 87.1 Å². The summed E-state index contributed by atoms with van der Waals surface area (Å²) in [4.78, 5) is 74.4. The van der Waals surface area contributed by atoms with E-state index in [1.54, 1.807) is 30.5 Å². The number of benzene rings is 3. The zero-order valence-electron chi connectivity index (χ0n) is 44.0. The van der Waals surface area contributed by atoms with Crippen LogP contribution in [0, 0.1) is 25.2 Å². The molecule has 0 spiro atoms. The predicted octanol–water partition coefficient (Wildman–Crippen LogP) is 8.87. The Morgan fingerprint density at radius 3 is 2.36 bits per heavy atom. The van der Waals surface area contributed by atoms with Crippen molar-refractivity contribution in [2.75, 3.05) is 31.7 Å². The highest BCUT2D eigenvalue weighted by molar-refractivity contribution is 6.31. The van der Waals surface area contributed by atoms with Crippen LogP contribution in [0.5, 0.6) is 11.5 Å². The summed E-state index contributed by atoms with van der Waals surface area (Å²) >= 11 is 6.25. The Morgan fingerprint density at radius 2 is 1.66 bits per heavy atom. The van der Waals surface area contributed by atoms with E-state index < -0.39 is 35.4 Å². The molecule has 6 heterocycles. The first-order valence-electron chi connectivity index (χ1n) is 25.5. The van der Waals surface area contributed by atoms with E-state index >= 15 is 0 Å². The monoisotopic (exact) mass is 1060 g/mol. The van der Waals surface area contributed by atoms with Crippen molar-refractivity contribution in [2.24, 2.45) is 21.3 Å². The number of nitrogens with zero attached hydrogens (tertiary/aromatic N) is 8. The summed E-state index contributed by atoms with van der Waals surface area (Å²) in [6.45, 7) is 13.8. The molecule has 3 aromatic heterocycles. The molecule has 3 N–H and O–H groups in total. The Bertz CT molecular complexity index is 3270. The SMILES string of the molecule is CC1=NC2=C(C(c3ccc(Cl)cc3)=NC(CC(=O)Nc3ccc(-c4ccc(OCCCOCC(=O)NC(C(=O)N5CCC[C@H]5C(=O)OCc5ccc(-c6ocnc6C)cc5)C(C)(C)C)c(O)c4)nc3)c3nnc(C)n32)C1C. The Morgan fingerprint density at radius 1 is 0.909 bits per heavy atom. The molecule has 0 saturated carbocycles. The van der Waals surface area contributed by atoms with Crippen molar-refractivity contribution in [2.45, 2.75) is 98.9 Å². The van der Waals surface area contributed by atoms with Crippen LogP contribution in [0.4, 0.5) is 5.69 Å². The number of nitrogens with one attached hydrogen (secondary N) is 2. The Hall–Kier alpha value is -8.03. The molecule has 0 radical (unpaired) electrons. The van der Waals surface area contributed by atoms with Gasteiger partial charge in [-0.1, -0.05) is 75.7 Å². The highest BCUT2D eigenvalue weighted by Crippen LogP contribution is 2.40. The van der Waals surface area contributed by atoms with Crippen LogP contribution in [0.3, 0.4) is 0 Å². The molecule has 400 valence electrons. The zero-order valence-corrected chi connectivity index (χ0v) is 44.8. The smallest absolute Gasteiger partial charge is 0.329 e. The number of aromatic nitrogens is 5. The molecule has 1 fully saturated rings. The lowest BCUT2D eigenvalue weighted by Crippen LogP contribution is -2.57. The van der Waals surface area contributed by atoms with E-state index in [0.717, 1.165) is 39.4 Å². The number of amides is 3. The van der Waals surface area contributed by atoms with Crippen molar-refractivity contribution in [3.05, 3.63) is 131 Å². The number of aliphatic imine (C=N–C) groups is 2. The van der Waals surface area contributed by atoms with Crippen LogP contribution in [0.1, 0.15) is 94.8 Å². The van der Waals surface area contributed by atoms with Crippen LogP contribution in [-0.2, 0) is 35.3 Å². The molecule has 20 heteroatoms. The van der Waals surface area contributed by atoms with Gasteiger partial charge in [0, 0.05) is 51.9 Å².